The van der Waals surface area contributed by atoms with Gasteiger partial charge in [-0.15, -0.1) is 0 Å². The zero-order valence-electron chi connectivity index (χ0n) is 12.0. The second-order valence-electron chi connectivity index (χ2n) is 5.36. The van der Waals surface area contributed by atoms with E-state index < -0.39 is 0 Å². The number of para-hydroxylation sites is 1. The first kappa shape index (κ1) is 14.1. The molecule has 0 aliphatic carbocycles. The van der Waals surface area contributed by atoms with Crippen molar-refractivity contribution in [2.45, 2.75) is 6.42 Å². The van der Waals surface area contributed by atoms with Crippen LogP contribution in [0.5, 0.6) is 0 Å². The number of hydrogen-bond acceptors (Lipinski definition) is 4. The summed E-state index contributed by atoms with van der Waals surface area (Å²) in [5, 5.41) is 9.89. The largest absolute Gasteiger partial charge is 0.463 e. The third-order valence-corrected chi connectivity index (χ3v) is 4.00. The first-order valence-corrected chi connectivity index (χ1v) is 7.38. The van der Waals surface area contributed by atoms with E-state index in [9.17, 15) is 4.79 Å². The SMILES string of the molecule is O=C(c1coc2ccccc12)N1CCCN(CCO)CC1. The zero-order chi connectivity index (χ0) is 14.7. The fourth-order valence-electron chi connectivity index (χ4n) is 2.85. The maximum atomic E-state index is 12.7. The van der Waals surface area contributed by atoms with Crippen LogP contribution < -0.4 is 0 Å². The quantitative estimate of drug-likeness (QED) is 0.931. The van der Waals surface area contributed by atoms with E-state index >= 15 is 0 Å². The molecule has 1 aliphatic rings. The maximum Gasteiger partial charge on any atom is 0.257 e. The van der Waals surface area contributed by atoms with E-state index in [2.05, 4.69) is 4.90 Å². The Morgan fingerprint density at radius 1 is 1.19 bits per heavy atom. The minimum atomic E-state index is 0.0331. The van der Waals surface area contributed by atoms with Crippen LogP contribution in [0.2, 0.25) is 0 Å². The highest BCUT2D eigenvalue weighted by Crippen LogP contribution is 2.22. The van der Waals surface area contributed by atoms with Crippen LogP contribution in [0.25, 0.3) is 11.0 Å². The van der Waals surface area contributed by atoms with Crippen molar-refractivity contribution in [1.82, 2.24) is 9.80 Å². The predicted octanol–water partition coefficient (Wildman–Crippen LogP) is 1.57. The molecule has 1 saturated heterocycles. The van der Waals surface area contributed by atoms with E-state index in [0.29, 0.717) is 18.7 Å². The van der Waals surface area contributed by atoms with Gasteiger partial charge in [0, 0.05) is 31.6 Å². The molecule has 0 spiro atoms. The summed E-state index contributed by atoms with van der Waals surface area (Å²) in [6, 6.07) is 7.61. The minimum Gasteiger partial charge on any atom is -0.463 e. The van der Waals surface area contributed by atoms with Gasteiger partial charge in [0.25, 0.3) is 5.91 Å². The molecule has 1 N–H and O–H groups in total. The topological polar surface area (TPSA) is 56.9 Å². The first-order chi connectivity index (χ1) is 10.3. The highest BCUT2D eigenvalue weighted by atomic mass is 16.3. The van der Waals surface area contributed by atoms with Crippen LogP contribution in [0.15, 0.2) is 34.9 Å². The molecule has 5 heteroatoms. The lowest BCUT2D eigenvalue weighted by atomic mass is 10.1. The number of fused-ring (bicyclic) bond motifs is 1. The molecule has 21 heavy (non-hydrogen) atoms. The molecule has 1 aromatic heterocycles. The van der Waals surface area contributed by atoms with Crippen molar-refractivity contribution in [3.63, 3.8) is 0 Å². The van der Waals surface area contributed by atoms with Crippen LogP contribution in [-0.2, 0) is 0 Å². The summed E-state index contributed by atoms with van der Waals surface area (Å²) in [7, 11) is 0. The Kier molecular flexibility index (Phi) is 4.22. The molecular formula is C16H20N2O3. The number of β-amino-alcohol motifs (C(OH)–C–C–N with tert-alkyl or cyclic N) is 1. The summed E-state index contributed by atoms with van der Waals surface area (Å²) >= 11 is 0. The summed E-state index contributed by atoms with van der Waals surface area (Å²) in [4.78, 5) is 16.8. The average molecular weight is 288 g/mol. The molecule has 0 saturated carbocycles. The van der Waals surface area contributed by atoms with Gasteiger partial charge in [-0.25, -0.2) is 0 Å². The molecule has 2 aromatic rings. The van der Waals surface area contributed by atoms with Crippen LogP contribution in [-0.4, -0.2) is 60.1 Å². The van der Waals surface area contributed by atoms with Gasteiger partial charge in [0.1, 0.15) is 11.8 Å². The second kappa shape index (κ2) is 6.28. The molecule has 0 unspecified atom stereocenters. The smallest absolute Gasteiger partial charge is 0.257 e. The Morgan fingerprint density at radius 2 is 2.05 bits per heavy atom. The Morgan fingerprint density at radius 3 is 2.90 bits per heavy atom. The van der Waals surface area contributed by atoms with E-state index in [4.69, 9.17) is 9.52 Å². The van der Waals surface area contributed by atoms with Crippen molar-refractivity contribution in [1.29, 1.82) is 0 Å². The molecule has 1 amide bonds. The number of aliphatic hydroxyl groups excluding tert-OH is 1. The lowest BCUT2D eigenvalue weighted by molar-refractivity contribution is 0.0761. The highest BCUT2D eigenvalue weighted by molar-refractivity contribution is 6.05. The number of nitrogens with zero attached hydrogens (tertiary/aromatic N) is 2. The molecule has 0 bridgehead atoms. The van der Waals surface area contributed by atoms with Crippen LogP contribution in [0.1, 0.15) is 16.8 Å². The number of benzene rings is 1. The van der Waals surface area contributed by atoms with E-state index in [1.165, 1.54) is 0 Å². The molecule has 3 rings (SSSR count). The number of hydrogen-bond donors (Lipinski definition) is 1. The summed E-state index contributed by atoms with van der Waals surface area (Å²) in [6.07, 6.45) is 2.49. The number of furan rings is 1. The molecule has 112 valence electrons. The van der Waals surface area contributed by atoms with Crippen molar-refractivity contribution in [3.8, 4) is 0 Å². The van der Waals surface area contributed by atoms with Crippen LogP contribution in [0, 0.1) is 0 Å². The van der Waals surface area contributed by atoms with Gasteiger partial charge in [-0.3, -0.25) is 9.69 Å². The maximum absolute atomic E-state index is 12.7. The molecule has 0 atom stereocenters. The second-order valence-corrected chi connectivity index (χ2v) is 5.36. The van der Waals surface area contributed by atoms with Crippen LogP contribution in [0.4, 0.5) is 0 Å². The lowest BCUT2D eigenvalue weighted by Gasteiger charge is -2.21. The summed E-state index contributed by atoms with van der Waals surface area (Å²) in [6.45, 7) is 4.02. The predicted molar refractivity (Wildman–Crippen MR) is 80.3 cm³/mol. The summed E-state index contributed by atoms with van der Waals surface area (Å²) < 4.78 is 5.46. The fourth-order valence-corrected chi connectivity index (χ4v) is 2.85. The number of carbonyl (C=O) groups excluding carboxylic acids is 1. The van der Waals surface area contributed by atoms with Gasteiger partial charge in [-0.2, -0.15) is 0 Å². The molecule has 1 fully saturated rings. The third kappa shape index (κ3) is 2.94. The van der Waals surface area contributed by atoms with E-state index in [1.54, 1.807) is 6.26 Å². The van der Waals surface area contributed by atoms with Gasteiger partial charge in [-0.05, 0) is 19.0 Å². The van der Waals surface area contributed by atoms with Crippen molar-refractivity contribution in [2.24, 2.45) is 0 Å². The van der Waals surface area contributed by atoms with Gasteiger partial charge < -0.3 is 14.4 Å². The van der Waals surface area contributed by atoms with E-state index in [-0.39, 0.29) is 12.5 Å². The zero-order valence-corrected chi connectivity index (χ0v) is 12.0. The van der Waals surface area contributed by atoms with Crippen LogP contribution in [0.3, 0.4) is 0 Å². The number of aliphatic hydroxyl groups is 1. The first-order valence-electron chi connectivity index (χ1n) is 7.38. The van der Waals surface area contributed by atoms with Gasteiger partial charge in [-0.1, -0.05) is 18.2 Å². The number of carbonyl (C=O) groups is 1. The van der Waals surface area contributed by atoms with Gasteiger partial charge in [0.2, 0.25) is 0 Å². The molecule has 5 nitrogen and oxygen atoms in total. The van der Waals surface area contributed by atoms with Crippen molar-refractivity contribution in [2.75, 3.05) is 39.3 Å². The standard InChI is InChI=1S/C16H20N2O3/c19-11-10-17-6-3-7-18(9-8-17)16(20)14-12-21-15-5-2-1-4-13(14)15/h1-2,4-5,12,19H,3,6-11H2. The Hall–Kier alpha value is -1.85. The molecular weight excluding hydrogens is 268 g/mol. The molecule has 1 aromatic carbocycles. The highest BCUT2D eigenvalue weighted by Gasteiger charge is 2.22. The van der Waals surface area contributed by atoms with Gasteiger partial charge in [0.05, 0.1) is 12.2 Å². The van der Waals surface area contributed by atoms with Gasteiger partial charge >= 0.3 is 0 Å². The van der Waals surface area contributed by atoms with Crippen molar-refractivity contribution < 1.29 is 14.3 Å². The third-order valence-electron chi connectivity index (χ3n) is 4.00. The minimum absolute atomic E-state index is 0.0331. The van der Waals surface area contributed by atoms with Gasteiger partial charge in [0.15, 0.2) is 0 Å². The average Bonchev–Trinajstić information content (AvgIpc) is 2.80. The van der Waals surface area contributed by atoms with Crippen LogP contribution >= 0.6 is 0 Å². The molecule has 1 aliphatic heterocycles. The number of amides is 1. The van der Waals surface area contributed by atoms with E-state index in [0.717, 1.165) is 37.0 Å². The summed E-state index contributed by atoms with van der Waals surface area (Å²) in [5.41, 5.74) is 1.39. The normalized spacial score (nSPS) is 17.1. The Labute approximate surface area is 123 Å². The fraction of sp³-hybridized carbons (Fsp3) is 0.438. The van der Waals surface area contributed by atoms with E-state index in [1.807, 2.05) is 29.2 Å². The monoisotopic (exact) mass is 288 g/mol. The van der Waals surface area contributed by atoms with Crippen molar-refractivity contribution >= 4 is 16.9 Å². The molecule has 0 radical (unpaired) electrons. The lowest BCUT2D eigenvalue weighted by Crippen LogP contribution is -2.35. The number of rotatable bonds is 3. The summed E-state index contributed by atoms with van der Waals surface area (Å²) in [5.74, 6) is 0.0331. The molecule has 2 heterocycles. The Balaban J connectivity index is 1.76. The Bertz CT molecular complexity index is 623. The van der Waals surface area contributed by atoms with Crippen molar-refractivity contribution in [3.05, 3.63) is 36.1 Å².